The Bertz CT molecular complexity index is 1490. The Morgan fingerprint density at radius 3 is 2.32 bits per heavy atom. The summed E-state index contributed by atoms with van der Waals surface area (Å²) in [7, 11) is -0.626. The Balaban J connectivity index is 1.54. The van der Waals surface area contributed by atoms with E-state index in [-0.39, 0.29) is 18.1 Å². The first-order valence-corrected chi connectivity index (χ1v) is 13.8. The molecule has 10 nitrogen and oxygen atoms in total. The van der Waals surface area contributed by atoms with Crippen LogP contribution >= 0.6 is 0 Å². The van der Waals surface area contributed by atoms with E-state index in [9.17, 15) is 12.8 Å². The third kappa shape index (κ3) is 5.03. The van der Waals surface area contributed by atoms with Crippen molar-refractivity contribution in [3.8, 4) is 28.6 Å². The summed E-state index contributed by atoms with van der Waals surface area (Å²) >= 11 is 0. The van der Waals surface area contributed by atoms with Gasteiger partial charge in [0.15, 0.2) is 27.3 Å². The number of rotatable bonds is 8. The van der Waals surface area contributed by atoms with E-state index in [1.807, 2.05) is 30.3 Å². The minimum atomic E-state index is -3.70. The summed E-state index contributed by atoms with van der Waals surface area (Å²) in [5, 5.41) is 8.03. The standard InChI is InChI=1S/C26H27FN6O4S/c1-36-21-11-6-12-22(37-2)24(21)33-23(30-31-25(33)18-8-4-3-5-9-18)17-38(34,35)20-10-7-13-32(16-20)26-28-14-19(27)15-29-26/h3-6,8-9,11-12,14-15,20H,7,10,13,16-17H2,1-2H3/t20-/m0/s1. The van der Waals surface area contributed by atoms with Crippen LogP contribution in [0.5, 0.6) is 11.5 Å². The van der Waals surface area contributed by atoms with Gasteiger partial charge in [-0.15, -0.1) is 10.2 Å². The third-order valence-electron chi connectivity index (χ3n) is 6.49. The first-order chi connectivity index (χ1) is 18.4. The highest BCUT2D eigenvalue weighted by Crippen LogP contribution is 2.37. The van der Waals surface area contributed by atoms with Gasteiger partial charge in [-0.2, -0.15) is 0 Å². The van der Waals surface area contributed by atoms with Crippen LogP contribution in [-0.2, 0) is 15.6 Å². The van der Waals surface area contributed by atoms with Crippen molar-refractivity contribution in [2.24, 2.45) is 0 Å². The molecule has 1 atom stereocenters. The van der Waals surface area contributed by atoms with Crippen molar-refractivity contribution >= 4 is 15.8 Å². The van der Waals surface area contributed by atoms with Crippen LogP contribution in [0, 0.1) is 5.82 Å². The molecule has 0 saturated carbocycles. The van der Waals surface area contributed by atoms with Crippen LogP contribution in [0.3, 0.4) is 0 Å². The molecule has 38 heavy (non-hydrogen) atoms. The van der Waals surface area contributed by atoms with Crippen molar-refractivity contribution in [3.63, 3.8) is 0 Å². The number of hydrogen-bond acceptors (Lipinski definition) is 9. The number of para-hydroxylation sites is 1. The summed E-state index contributed by atoms with van der Waals surface area (Å²) in [5.41, 5.74) is 1.27. The van der Waals surface area contributed by atoms with E-state index in [4.69, 9.17) is 9.47 Å². The Hall–Kier alpha value is -4.06. The number of nitrogens with zero attached hydrogens (tertiary/aromatic N) is 6. The minimum Gasteiger partial charge on any atom is -0.494 e. The molecular weight excluding hydrogens is 511 g/mol. The molecule has 1 saturated heterocycles. The van der Waals surface area contributed by atoms with E-state index in [1.54, 1.807) is 27.7 Å². The first kappa shape index (κ1) is 25.6. The molecule has 0 aliphatic carbocycles. The highest BCUT2D eigenvalue weighted by Gasteiger charge is 2.34. The van der Waals surface area contributed by atoms with Gasteiger partial charge < -0.3 is 14.4 Å². The second kappa shape index (κ2) is 10.7. The number of sulfone groups is 1. The van der Waals surface area contributed by atoms with Gasteiger partial charge in [0.1, 0.15) is 22.9 Å². The Morgan fingerprint density at radius 1 is 0.974 bits per heavy atom. The van der Waals surface area contributed by atoms with Gasteiger partial charge in [-0.1, -0.05) is 36.4 Å². The van der Waals surface area contributed by atoms with Crippen molar-refractivity contribution in [1.82, 2.24) is 24.7 Å². The zero-order valence-corrected chi connectivity index (χ0v) is 21.8. The van der Waals surface area contributed by atoms with Gasteiger partial charge >= 0.3 is 0 Å². The fraction of sp³-hybridized carbons (Fsp3) is 0.308. The smallest absolute Gasteiger partial charge is 0.225 e. The highest BCUT2D eigenvalue weighted by molar-refractivity contribution is 7.91. The summed E-state index contributed by atoms with van der Waals surface area (Å²) in [6, 6.07) is 14.7. The maximum atomic E-state index is 13.8. The molecule has 0 N–H and O–H groups in total. The normalized spacial score (nSPS) is 15.9. The molecule has 1 aliphatic heterocycles. The number of benzene rings is 2. The zero-order valence-electron chi connectivity index (χ0n) is 21.0. The molecule has 0 spiro atoms. The van der Waals surface area contributed by atoms with Crippen molar-refractivity contribution in [2.45, 2.75) is 23.8 Å². The van der Waals surface area contributed by atoms with Gasteiger partial charge in [-0.05, 0) is 25.0 Å². The Morgan fingerprint density at radius 2 is 1.66 bits per heavy atom. The molecule has 0 unspecified atom stereocenters. The van der Waals surface area contributed by atoms with Gasteiger partial charge in [0, 0.05) is 18.7 Å². The molecule has 2 aromatic heterocycles. The average Bonchev–Trinajstić information content (AvgIpc) is 3.35. The van der Waals surface area contributed by atoms with Gasteiger partial charge in [-0.3, -0.25) is 4.57 Å². The second-order valence-electron chi connectivity index (χ2n) is 8.87. The average molecular weight is 539 g/mol. The number of aromatic nitrogens is 5. The number of halogens is 1. The van der Waals surface area contributed by atoms with E-state index in [1.165, 1.54) is 14.2 Å². The molecule has 0 radical (unpaired) electrons. The number of hydrogen-bond donors (Lipinski definition) is 0. The van der Waals surface area contributed by atoms with E-state index in [2.05, 4.69) is 20.2 Å². The lowest BCUT2D eigenvalue weighted by atomic mass is 10.1. The Kier molecular flexibility index (Phi) is 7.23. The summed E-state index contributed by atoms with van der Waals surface area (Å²) in [4.78, 5) is 9.82. The molecule has 1 fully saturated rings. The summed E-state index contributed by atoms with van der Waals surface area (Å²) in [5.74, 6) is 1.08. The van der Waals surface area contributed by atoms with Crippen LogP contribution in [0.1, 0.15) is 18.7 Å². The summed E-state index contributed by atoms with van der Waals surface area (Å²) in [6.45, 7) is 0.788. The molecule has 198 valence electrons. The largest absolute Gasteiger partial charge is 0.494 e. The monoisotopic (exact) mass is 538 g/mol. The van der Waals surface area contributed by atoms with Crippen LogP contribution in [-0.4, -0.2) is 65.7 Å². The lowest BCUT2D eigenvalue weighted by Gasteiger charge is -2.32. The van der Waals surface area contributed by atoms with Crippen LogP contribution in [0.4, 0.5) is 10.3 Å². The maximum absolute atomic E-state index is 13.8. The molecule has 4 aromatic rings. The van der Waals surface area contributed by atoms with E-state index in [0.717, 1.165) is 18.0 Å². The van der Waals surface area contributed by atoms with Crippen LogP contribution in [0.15, 0.2) is 60.9 Å². The highest BCUT2D eigenvalue weighted by atomic mass is 32.2. The van der Waals surface area contributed by atoms with Crippen molar-refractivity contribution in [2.75, 3.05) is 32.2 Å². The van der Waals surface area contributed by atoms with Crippen LogP contribution in [0.2, 0.25) is 0 Å². The summed E-state index contributed by atoms with van der Waals surface area (Å²) < 4.78 is 53.7. The number of anilines is 1. The van der Waals surface area contributed by atoms with Gasteiger partial charge in [0.2, 0.25) is 5.95 Å². The zero-order chi connectivity index (χ0) is 26.7. The maximum Gasteiger partial charge on any atom is 0.225 e. The predicted molar refractivity (Wildman–Crippen MR) is 140 cm³/mol. The van der Waals surface area contributed by atoms with Crippen molar-refractivity contribution in [3.05, 3.63) is 72.6 Å². The second-order valence-corrected chi connectivity index (χ2v) is 11.2. The molecule has 5 rings (SSSR count). The number of methoxy groups -OCH3 is 2. The quantitative estimate of drug-likeness (QED) is 0.333. The van der Waals surface area contributed by atoms with Crippen LogP contribution < -0.4 is 14.4 Å². The van der Waals surface area contributed by atoms with E-state index >= 15 is 0 Å². The van der Waals surface area contributed by atoms with Gasteiger partial charge in [0.05, 0.1) is 31.9 Å². The van der Waals surface area contributed by atoms with Gasteiger partial charge in [0.25, 0.3) is 0 Å². The number of ether oxygens (including phenoxy) is 2. The lowest BCUT2D eigenvalue weighted by Crippen LogP contribution is -2.43. The topological polar surface area (TPSA) is 112 Å². The minimum absolute atomic E-state index is 0.200. The molecule has 1 aliphatic rings. The van der Waals surface area contributed by atoms with E-state index in [0.29, 0.717) is 48.3 Å². The first-order valence-electron chi connectivity index (χ1n) is 12.1. The van der Waals surface area contributed by atoms with Gasteiger partial charge in [-0.25, -0.2) is 22.8 Å². The molecule has 3 heterocycles. The molecule has 0 bridgehead atoms. The predicted octanol–water partition coefficient (Wildman–Crippen LogP) is 3.46. The van der Waals surface area contributed by atoms with Crippen LogP contribution in [0.25, 0.3) is 17.1 Å². The fourth-order valence-electron chi connectivity index (χ4n) is 4.65. The Labute approximate surface area is 220 Å². The molecule has 0 amide bonds. The molecule has 2 aromatic carbocycles. The van der Waals surface area contributed by atoms with Crippen molar-refractivity contribution < 1.29 is 22.3 Å². The summed E-state index contributed by atoms with van der Waals surface area (Å²) in [6.07, 6.45) is 3.27. The molecule has 12 heteroatoms. The van der Waals surface area contributed by atoms with E-state index < -0.39 is 20.9 Å². The fourth-order valence-corrected chi connectivity index (χ4v) is 6.37. The third-order valence-corrected chi connectivity index (χ3v) is 8.55. The van der Waals surface area contributed by atoms with Crippen molar-refractivity contribution in [1.29, 1.82) is 0 Å². The SMILES string of the molecule is COc1cccc(OC)c1-n1c(CS(=O)(=O)[C@H]2CCCN(c3ncc(F)cn3)C2)nnc1-c1ccccc1. The lowest BCUT2D eigenvalue weighted by molar-refractivity contribution is 0.390. The molecular formula is C26H27FN6O4S. The number of piperidine rings is 1.